The van der Waals surface area contributed by atoms with Crippen LogP contribution in [0.25, 0.3) is 0 Å². The van der Waals surface area contributed by atoms with Crippen molar-refractivity contribution in [2.24, 2.45) is 0 Å². The van der Waals surface area contributed by atoms with Gasteiger partial charge >= 0.3 is 0 Å². The molecule has 20 heavy (non-hydrogen) atoms. The number of nitrogens with one attached hydrogen (secondary N) is 1. The highest BCUT2D eigenvalue weighted by atomic mass is 16.2. The summed E-state index contributed by atoms with van der Waals surface area (Å²) in [6.45, 7) is 6.06. The SMILES string of the molecule is CCN(Cc1ccccc1)C(=O)CN(C)C1CCNC1. The molecule has 1 aromatic carbocycles. The van der Waals surface area contributed by atoms with Crippen LogP contribution in [0.2, 0.25) is 0 Å². The zero-order valence-corrected chi connectivity index (χ0v) is 12.5. The molecular weight excluding hydrogens is 250 g/mol. The monoisotopic (exact) mass is 275 g/mol. The third-order valence-corrected chi connectivity index (χ3v) is 3.99. The number of carbonyl (C=O) groups is 1. The summed E-state index contributed by atoms with van der Waals surface area (Å²) in [5.41, 5.74) is 1.19. The van der Waals surface area contributed by atoms with Gasteiger partial charge in [-0.05, 0) is 32.5 Å². The van der Waals surface area contributed by atoms with Crippen LogP contribution in [0.5, 0.6) is 0 Å². The lowest BCUT2D eigenvalue weighted by Crippen LogP contribution is -2.43. The van der Waals surface area contributed by atoms with E-state index in [0.29, 0.717) is 19.1 Å². The average molecular weight is 275 g/mol. The Bertz CT molecular complexity index is 415. The molecular formula is C16H25N3O. The summed E-state index contributed by atoms with van der Waals surface area (Å²) < 4.78 is 0. The minimum Gasteiger partial charge on any atom is -0.338 e. The van der Waals surface area contributed by atoms with E-state index in [1.165, 1.54) is 5.56 Å². The van der Waals surface area contributed by atoms with E-state index in [2.05, 4.69) is 22.3 Å². The molecule has 1 heterocycles. The molecule has 1 aromatic rings. The van der Waals surface area contributed by atoms with E-state index in [9.17, 15) is 4.79 Å². The first kappa shape index (κ1) is 15.0. The predicted octanol–water partition coefficient (Wildman–Crippen LogP) is 1.33. The molecule has 1 saturated heterocycles. The average Bonchev–Trinajstić information content (AvgIpc) is 3.00. The van der Waals surface area contributed by atoms with E-state index in [1.54, 1.807) is 0 Å². The van der Waals surface area contributed by atoms with E-state index in [-0.39, 0.29) is 5.91 Å². The van der Waals surface area contributed by atoms with Crippen LogP contribution in [0, 0.1) is 0 Å². The molecule has 2 rings (SSSR count). The molecule has 0 radical (unpaired) electrons. The lowest BCUT2D eigenvalue weighted by atomic mass is 10.2. The second kappa shape index (κ2) is 7.41. The molecule has 0 saturated carbocycles. The highest BCUT2D eigenvalue weighted by Gasteiger charge is 2.22. The van der Waals surface area contributed by atoms with Crippen molar-refractivity contribution in [1.29, 1.82) is 0 Å². The van der Waals surface area contributed by atoms with Gasteiger partial charge in [-0.3, -0.25) is 9.69 Å². The Morgan fingerprint density at radius 1 is 1.35 bits per heavy atom. The van der Waals surface area contributed by atoms with Crippen LogP contribution >= 0.6 is 0 Å². The van der Waals surface area contributed by atoms with Crippen LogP contribution in [0.15, 0.2) is 30.3 Å². The van der Waals surface area contributed by atoms with Gasteiger partial charge in [0.05, 0.1) is 6.54 Å². The van der Waals surface area contributed by atoms with Crippen molar-refractivity contribution in [3.63, 3.8) is 0 Å². The quantitative estimate of drug-likeness (QED) is 0.851. The second-order valence-corrected chi connectivity index (χ2v) is 5.46. The molecule has 1 atom stereocenters. The minimum absolute atomic E-state index is 0.214. The number of carbonyl (C=O) groups excluding carboxylic acids is 1. The van der Waals surface area contributed by atoms with Crippen molar-refractivity contribution in [1.82, 2.24) is 15.1 Å². The standard InChI is InChI=1S/C16H25N3O/c1-3-19(12-14-7-5-4-6-8-14)16(20)13-18(2)15-9-10-17-11-15/h4-8,15,17H,3,9-13H2,1-2H3. The summed E-state index contributed by atoms with van der Waals surface area (Å²) in [5, 5.41) is 3.34. The normalized spacial score (nSPS) is 18.4. The third kappa shape index (κ3) is 4.05. The van der Waals surface area contributed by atoms with Gasteiger partial charge in [-0.15, -0.1) is 0 Å². The molecule has 1 unspecified atom stereocenters. The van der Waals surface area contributed by atoms with E-state index in [4.69, 9.17) is 0 Å². The molecule has 0 spiro atoms. The molecule has 0 aromatic heterocycles. The Labute approximate surface area is 121 Å². The molecule has 110 valence electrons. The summed E-state index contributed by atoms with van der Waals surface area (Å²) in [5.74, 6) is 0.214. The van der Waals surface area contributed by atoms with Gasteiger partial charge in [-0.25, -0.2) is 0 Å². The van der Waals surface area contributed by atoms with Crippen LogP contribution in [-0.4, -0.2) is 55.0 Å². The van der Waals surface area contributed by atoms with Gasteiger partial charge in [0.25, 0.3) is 0 Å². The fourth-order valence-electron chi connectivity index (χ4n) is 2.64. The summed E-state index contributed by atoms with van der Waals surface area (Å²) in [6, 6.07) is 10.7. The maximum absolute atomic E-state index is 12.4. The molecule has 4 heteroatoms. The Balaban J connectivity index is 1.88. The van der Waals surface area contributed by atoms with Crippen LogP contribution < -0.4 is 5.32 Å². The number of hydrogen-bond acceptors (Lipinski definition) is 3. The summed E-state index contributed by atoms with van der Waals surface area (Å²) in [4.78, 5) is 16.5. The number of likely N-dealkylation sites (N-methyl/N-ethyl adjacent to an activating group) is 2. The largest absolute Gasteiger partial charge is 0.338 e. The molecule has 1 fully saturated rings. The predicted molar refractivity (Wildman–Crippen MR) is 81.4 cm³/mol. The van der Waals surface area contributed by atoms with E-state index < -0.39 is 0 Å². The number of hydrogen-bond donors (Lipinski definition) is 1. The Morgan fingerprint density at radius 3 is 2.70 bits per heavy atom. The van der Waals surface area contributed by atoms with Crippen molar-refractivity contribution in [2.75, 3.05) is 33.2 Å². The maximum Gasteiger partial charge on any atom is 0.237 e. The van der Waals surface area contributed by atoms with Gasteiger partial charge in [-0.2, -0.15) is 0 Å². The van der Waals surface area contributed by atoms with Crippen molar-refractivity contribution in [3.05, 3.63) is 35.9 Å². The smallest absolute Gasteiger partial charge is 0.237 e. The fraction of sp³-hybridized carbons (Fsp3) is 0.562. The highest BCUT2D eigenvalue weighted by molar-refractivity contribution is 5.78. The second-order valence-electron chi connectivity index (χ2n) is 5.46. The summed E-state index contributed by atoms with van der Waals surface area (Å²) in [7, 11) is 2.05. The topological polar surface area (TPSA) is 35.6 Å². The van der Waals surface area contributed by atoms with Crippen LogP contribution in [-0.2, 0) is 11.3 Å². The molecule has 4 nitrogen and oxygen atoms in total. The van der Waals surface area contributed by atoms with E-state index in [1.807, 2.05) is 37.1 Å². The number of nitrogens with zero attached hydrogens (tertiary/aromatic N) is 2. The fourth-order valence-corrected chi connectivity index (χ4v) is 2.64. The first-order chi connectivity index (χ1) is 9.70. The lowest BCUT2D eigenvalue weighted by molar-refractivity contribution is -0.133. The number of rotatable bonds is 6. The van der Waals surface area contributed by atoms with Crippen molar-refractivity contribution in [3.8, 4) is 0 Å². The first-order valence-corrected chi connectivity index (χ1v) is 7.43. The third-order valence-electron chi connectivity index (χ3n) is 3.99. The molecule has 0 bridgehead atoms. The maximum atomic E-state index is 12.4. The van der Waals surface area contributed by atoms with Gasteiger partial charge in [0.1, 0.15) is 0 Å². The van der Waals surface area contributed by atoms with Gasteiger partial charge in [0.2, 0.25) is 5.91 Å². The van der Waals surface area contributed by atoms with Crippen molar-refractivity contribution >= 4 is 5.91 Å². The summed E-state index contributed by atoms with van der Waals surface area (Å²) in [6.07, 6.45) is 1.13. The molecule has 1 N–H and O–H groups in total. The Kier molecular flexibility index (Phi) is 5.56. The molecule has 1 aliphatic heterocycles. The lowest BCUT2D eigenvalue weighted by Gasteiger charge is -2.27. The van der Waals surface area contributed by atoms with Gasteiger partial charge in [0.15, 0.2) is 0 Å². The van der Waals surface area contributed by atoms with Gasteiger partial charge in [0, 0.05) is 25.7 Å². The van der Waals surface area contributed by atoms with Crippen molar-refractivity contribution in [2.45, 2.75) is 25.9 Å². The summed E-state index contributed by atoms with van der Waals surface area (Å²) >= 11 is 0. The molecule has 1 amide bonds. The number of benzene rings is 1. The zero-order chi connectivity index (χ0) is 14.4. The Morgan fingerprint density at radius 2 is 2.10 bits per heavy atom. The van der Waals surface area contributed by atoms with E-state index >= 15 is 0 Å². The minimum atomic E-state index is 0.214. The van der Waals surface area contributed by atoms with Gasteiger partial charge < -0.3 is 10.2 Å². The van der Waals surface area contributed by atoms with Crippen LogP contribution in [0.4, 0.5) is 0 Å². The van der Waals surface area contributed by atoms with Crippen molar-refractivity contribution < 1.29 is 4.79 Å². The molecule has 0 aliphatic carbocycles. The van der Waals surface area contributed by atoms with Crippen LogP contribution in [0.3, 0.4) is 0 Å². The highest BCUT2D eigenvalue weighted by Crippen LogP contribution is 2.08. The van der Waals surface area contributed by atoms with Gasteiger partial charge in [-0.1, -0.05) is 30.3 Å². The van der Waals surface area contributed by atoms with E-state index in [0.717, 1.165) is 26.1 Å². The first-order valence-electron chi connectivity index (χ1n) is 7.43. The zero-order valence-electron chi connectivity index (χ0n) is 12.5. The Hall–Kier alpha value is -1.39. The number of amides is 1. The molecule has 1 aliphatic rings. The van der Waals surface area contributed by atoms with Crippen LogP contribution in [0.1, 0.15) is 18.9 Å².